The van der Waals surface area contributed by atoms with E-state index in [2.05, 4.69) is 5.32 Å². The maximum Gasteiger partial charge on any atom is 0.259 e. The topological polar surface area (TPSA) is 74.6 Å². The molecule has 0 spiro atoms. The van der Waals surface area contributed by atoms with E-state index in [0.717, 1.165) is 16.7 Å². The number of methoxy groups -OCH3 is 3. The number of rotatable bonds is 8. The van der Waals surface area contributed by atoms with Crippen molar-refractivity contribution in [2.75, 3.05) is 26.6 Å². The molecular weight excluding hydrogens is 430 g/mol. The van der Waals surface area contributed by atoms with E-state index < -0.39 is 0 Å². The molecule has 7 nitrogen and oxygen atoms in total. The van der Waals surface area contributed by atoms with Crippen LogP contribution in [0.5, 0.6) is 17.2 Å². The quantitative estimate of drug-likeness (QED) is 0.394. The van der Waals surface area contributed by atoms with Crippen LogP contribution in [0.15, 0.2) is 72.9 Å². The monoisotopic (exact) mass is 457 g/mol. The first-order valence-electron chi connectivity index (χ1n) is 10.8. The van der Waals surface area contributed by atoms with Crippen LogP contribution in [-0.4, -0.2) is 37.0 Å². The third kappa shape index (κ3) is 4.88. The van der Waals surface area contributed by atoms with Crippen molar-refractivity contribution in [2.45, 2.75) is 13.5 Å². The highest BCUT2D eigenvalue weighted by Gasteiger charge is 2.20. The molecule has 0 atom stereocenters. The van der Waals surface area contributed by atoms with Gasteiger partial charge in [-0.3, -0.25) is 9.48 Å². The van der Waals surface area contributed by atoms with Gasteiger partial charge in [0.15, 0.2) is 11.5 Å². The lowest BCUT2D eigenvalue weighted by Gasteiger charge is -2.14. The number of carbonyl (C=O) groups excluding carboxylic acids is 1. The van der Waals surface area contributed by atoms with Crippen molar-refractivity contribution >= 4 is 11.6 Å². The number of benzene rings is 3. The van der Waals surface area contributed by atoms with Crippen LogP contribution in [0.2, 0.25) is 0 Å². The second-order valence-corrected chi connectivity index (χ2v) is 7.81. The van der Waals surface area contributed by atoms with Gasteiger partial charge in [0.2, 0.25) is 5.75 Å². The van der Waals surface area contributed by atoms with E-state index in [9.17, 15) is 4.79 Å². The number of nitrogens with one attached hydrogen (secondary N) is 1. The van der Waals surface area contributed by atoms with Crippen molar-refractivity contribution < 1.29 is 19.0 Å². The summed E-state index contributed by atoms with van der Waals surface area (Å²) in [5.41, 5.74) is 4.69. The standard InChI is InChI=1S/C27H27N3O4/c1-18-10-12-20(13-11-18)25-22(17-30(29-25)16-19-8-6-5-7-9-19)27(31)28-21-14-23(32-2)26(34-4)24(15-21)33-3/h5-15,17H,16H2,1-4H3,(H,28,31). The Bertz CT molecular complexity index is 1260. The zero-order valence-corrected chi connectivity index (χ0v) is 19.7. The van der Waals surface area contributed by atoms with Crippen LogP contribution in [0.25, 0.3) is 11.3 Å². The van der Waals surface area contributed by atoms with E-state index in [0.29, 0.717) is 40.7 Å². The Balaban J connectivity index is 1.70. The van der Waals surface area contributed by atoms with E-state index in [4.69, 9.17) is 19.3 Å². The molecule has 0 unspecified atom stereocenters. The van der Waals surface area contributed by atoms with Gasteiger partial charge < -0.3 is 19.5 Å². The van der Waals surface area contributed by atoms with Crippen molar-refractivity contribution in [3.05, 3.63) is 89.6 Å². The number of anilines is 1. The van der Waals surface area contributed by atoms with Crippen LogP contribution in [0, 0.1) is 6.92 Å². The lowest BCUT2D eigenvalue weighted by atomic mass is 10.1. The zero-order valence-electron chi connectivity index (χ0n) is 19.7. The molecule has 1 amide bonds. The lowest BCUT2D eigenvalue weighted by Crippen LogP contribution is -2.13. The Kier molecular flexibility index (Phi) is 6.82. The van der Waals surface area contributed by atoms with E-state index in [1.54, 1.807) is 23.0 Å². The van der Waals surface area contributed by atoms with Crippen LogP contribution in [0.1, 0.15) is 21.5 Å². The molecule has 0 radical (unpaired) electrons. The average Bonchev–Trinajstić information content (AvgIpc) is 3.28. The van der Waals surface area contributed by atoms with Crippen LogP contribution in [0.3, 0.4) is 0 Å². The minimum absolute atomic E-state index is 0.288. The predicted molar refractivity (Wildman–Crippen MR) is 132 cm³/mol. The van der Waals surface area contributed by atoms with Crippen molar-refractivity contribution in [3.63, 3.8) is 0 Å². The second-order valence-electron chi connectivity index (χ2n) is 7.81. The van der Waals surface area contributed by atoms with Crippen LogP contribution >= 0.6 is 0 Å². The van der Waals surface area contributed by atoms with Crippen LogP contribution in [-0.2, 0) is 6.54 Å². The van der Waals surface area contributed by atoms with Gasteiger partial charge in [-0.2, -0.15) is 5.10 Å². The van der Waals surface area contributed by atoms with E-state index in [-0.39, 0.29) is 5.91 Å². The molecule has 4 rings (SSSR count). The largest absolute Gasteiger partial charge is 0.493 e. The van der Waals surface area contributed by atoms with Crippen LogP contribution in [0.4, 0.5) is 5.69 Å². The number of aromatic nitrogens is 2. The van der Waals surface area contributed by atoms with Crippen molar-refractivity contribution in [3.8, 4) is 28.5 Å². The summed E-state index contributed by atoms with van der Waals surface area (Å²) in [7, 11) is 4.60. The maximum atomic E-state index is 13.4. The molecule has 1 heterocycles. The Labute approximate surface area is 198 Å². The summed E-state index contributed by atoms with van der Waals surface area (Å²) in [4.78, 5) is 13.4. The third-order valence-corrected chi connectivity index (χ3v) is 5.44. The fraction of sp³-hybridized carbons (Fsp3) is 0.185. The minimum Gasteiger partial charge on any atom is -0.493 e. The van der Waals surface area contributed by atoms with E-state index in [1.165, 1.54) is 21.3 Å². The normalized spacial score (nSPS) is 10.6. The molecule has 1 aromatic heterocycles. The first-order chi connectivity index (χ1) is 16.5. The number of hydrogen-bond donors (Lipinski definition) is 1. The molecule has 34 heavy (non-hydrogen) atoms. The minimum atomic E-state index is -0.288. The fourth-order valence-electron chi connectivity index (χ4n) is 3.72. The molecule has 1 N–H and O–H groups in total. The molecule has 3 aromatic carbocycles. The summed E-state index contributed by atoms with van der Waals surface area (Å²) < 4.78 is 18.0. The van der Waals surface area contributed by atoms with Gasteiger partial charge in [0.25, 0.3) is 5.91 Å². The number of amides is 1. The third-order valence-electron chi connectivity index (χ3n) is 5.44. The number of hydrogen-bond acceptors (Lipinski definition) is 5. The summed E-state index contributed by atoms with van der Waals surface area (Å²) in [5.74, 6) is 1.08. The number of carbonyl (C=O) groups is 1. The molecule has 7 heteroatoms. The van der Waals surface area contributed by atoms with Gasteiger partial charge in [-0.1, -0.05) is 60.2 Å². The Morgan fingerprint density at radius 2 is 1.56 bits per heavy atom. The molecule has 4 aromatic rings. The van der Waals surface area contributed by atoms with Crippen molar-refractivity contribution in [1.82, 2.24) is 9.78 Å². The highest BCUT2D eigenvalue weighted by Crippen LogP contribution is 2.40. The summed E-state index contributed by atoms with van der Waals surface area (Å²) in [6, 6.07) is 21.3. The van der Waals surface area contributed by atoms with E-state index >= 15 is 0 Å². The van der Waals surface area contributed by atoms with Crippen molar-refractivity contribution in [2.24, 2.45) is 0 Å². The predicted octanol–water partition coefficient (Wildman–Crippen LogP) is 5.18. The smallest absolute Gasteiger partial charge is 0.259 e. The average molecular weight is 458 g/mol. The molecule has 0 fully saturated rings. The molecule has 0 aliphatic rings. The highest BCUT2D eigenvalue weighted by molar-refractivity contribution is 6.08. The SMILES string of the molecule is COc1cc(NC(=O)c2cn(Cc3ccccc3)nc2-c2ccc(C)cc2)cc(OC)c1OC. The van der Waals surface area contributed by atoms with Gasteiger partial charge >= 0.3 is 0 Å². The Morgan fingerprint density at radius 3 is 2.15 bits per heavy atom. The number of ether oxygens (including phenoxy) is 3. The number of nitrogens with zero attached hydrogens (tertiary/aromatic N) is 2. The van der Waals surface area contributed by atoms with E-state index in [1.807, 2.05) is 61.5 Å². The summed E-state index contributed by atoms with van der Waals surface area (Å²) >= 11 is 0. The molecule has 174 valence electrons. The van der Waals surface area contributed by atoms with Gasteiger partial charge in [0.05, 0.1) is 33.4 Å². The number of aryl methyl sites for hydroxylation is 1. The van der Waals surface area contributed by atoms with Gasteiger partial charge in [0, 0.05) is 29.6 Å². The van der Waals surface area contributed by atoms with Gasteiger partial charge in [0.1, 0.15) is 5.69 Å². The maximum absolute atomic E-state index is 13.4. The first kappa shape index (κ1) is 22.9. The Morgan fingerprint density at radius 1 is 0.912 bits per heavy atom. The van der Waals surface area contributed by atoms with Crippen LogP contribution < -0.4 is 19.5 Å². The Hall–Kier alpha value is -4.26. The summed E-state index contributed by atoms with van der Waals surface area (Å²) in [6.45, 7) is 2.58. The summed E-state index contributed by atoms with van der Waals surface area (Å²) in [5, 5.41) is 7.70. The van der Waals surface area contributed by atoms with Crippen molar-refractivity contribution in [1.29, 1.82) is 0 Å². The molecule has 0 aliphatic carbocycles. The van der Waals surface area contributed by atoms with Gasteiger partial charge in [-0.05, 0) is 12.5 Å². The molecule has 0 saturated heterocycles. The molecule has 0 aliphatic heterocycles. The first-order valence-corrected chi connectivity index (χ1v) is 10.8. The van der Waals surface area contributed by atoms with Gasteiger partial charge in [-0.15, -0.1) is 0 Å². The molecule has 0 bridgehead atoms. The highest BCUT2D eigenvalue weighted by atomic mass is 16.5. The fourth-order valence-corrected chi connectivity index (χ4v) is 3.72. The molecule has 0 saturated carbocycles. The summed E-state index contributed by atoms with van der Waals surface area (Å²) in [6.07, 6.45) is 1.77. The molecular formula is C27H27N3O4. The van der Waals surface area contributed by atoms with Gasteiger partial charge in [-0.25, -0.2) is 0 Å². The lowest BCUT2D eigenvalue weighted by molar-refractivity contribution is 0.102. The second kappa shape index (κ2) is 10.1. The zero-order chi connectivity index (χ0) is 24.1.